The van der Waals surface area contributed by atoms with Crippen molar-refractivity contribution in [3.63, 3.8) is 0 Å². The lowest BCUT2D eigenvalue weighted by Gasteiger charge is -2.34. The quantitative estimate of drug-likeness (QED) is 0.728. The van der Waals surface area contributed by atoms with Gasteiger partial charge in [0.05, 0.1) is 0 Å². The molecule has 1 aliphatic heterocycles. The number of carbonyl (C=O) groups is 2. The van der Waals surface area contributed by atoms with Crippen molar-refractivity contribution in [1.82, 2.24) is 10.2 Å². The lowest BCUT2D eigenvalue weighted by molar-refractivity contribution is -0.134. The third-order valence-electron chi connectivity index (χ3n) is 5.42. The molecule has 0 spiro atoms. The summed E-state index contributed by atoms with van der Waals surface area (Å²) in [5.41, 5.74) is 1.77. The van der Waals surface area contributed by atoms with E-state index in [4.69, 9.17) is 0 Å². The Morgan fingerprint density at radius 2 is 1.76 bits per heavy atom. The monoisotopic (exact) mass is 412 g/mol. The maximum Gasteiger partial charge on any atom is 0.251 e. The largest absolute Gasteiger partial charge is 0.508 e. The molecule has 2 N–H and O–H groups in total. The molecule has 0 aliphatic carbocycles. The van der Waals surface area contributed by atoms with Crippen LogP contribution in [0, 0.1) is 0 Å². The number of amides is 2. The van der Waals surface area contributed by atoms with E-state index < -0.39 is 6.04 Å². The predicted molar refractivity (Wildman–Crippen MR) is 117 cm³/mol. The summed E-state index contributed by atoms with van der Waals surface area (Å²) in [6.45, 7) is 1.36. The molecule has 1 atom stereocenters. The summed E-state index contributed by atoms with van der Waals surface area (Å²) >= 11 is 1.67. The Balaban J connectivity index is 1.60. The van der Waals surface area contributed by atoms with Gasteiger partial charge in [0, 0.05) is 18.7 Å². The molecule has 154 valence electrons. The molecule has 1 fully saturated rings. The number of benzene rings is 2. The van der Waals surface area contributed by atoms with Crippen LogP contribution in [0.3, 0.4) is 0 Å². The van der Waals surface area contributed by atoms with Gasteiger partial charge in [0.2, 0.25) is 5.91 Å². The van der Waals surface area contributed by atoms with Gasteiger partial charge in [-0.25, -0.2) is 0 Å². The Bertz CT molecular complexity index is 803. The summed E-state index contributed by atoms with van der Waals surface area (Å²) in [4.78, 5) is 27.6. The first kappa shape index (κ1) is 21.2. The number of likely N-dealkylation sites (tertiary alicyclic amines) is 1. The van der Waals surface area contributed by atoms with Gasteiger partial charge in [0.15, 0.2) is 0 Å². The second-order valence-corrected chi connectivity index (χ2v) is 8.35. The summed E-state index contributed by atoms with van der Waals surface area (Å²) in [7, 11) is 0. The molecule has 2 amide bonds. The Morgan fingerprint density at radius 1 is 1.10 bits per heavy atom. The van der Waals surface area contributed by atoms with Crippen LogP contribution in [0.25, 0.3) is 0 Å². The van der Waals surface area contributed by atoms with E-state index in [0.717, 1.165) is 18.6 Å². The molecule has 29 heavy (non-hydrogen) atoms. The van der Waals surface area contributed by atoms with Crippen LogP contribution in [0.1, 0.15) is 41.1 Å². The van der Waals surface area contributed by atoms with Crippen molar-refractivity contribution in [2.45, 2.75) is 31.2 Å². The average molecular weight is 413 g/mol. The van der Waals surface area contributed by atoms with Crippen LogP contribution in [0.15, 0.2) is 54.6 Å². The molecule has 2 aromatic carbocycles. The molecular weight excluding hydrogens is 384 g/mol. The summed E-state index contributed by atoms with van der Waals surface area (Å²) < 4.78 is 0. The standard InChI is InChI=1S/C23H28N2O3S/c1-29-16-13-21(24-22(27)19-5-3-2-4-6-19)23(28)25-14-11-18(12-15-25)17-7-9-20(26)10-8-17/h2-10,18,21,26H,11-16H2,1H3,(H,24,27). The Labute approximate surface area is 176 Å². The molecule has 3 rings (SSSR count). The smallest absolute Gasteiger partial charge is 0.251 e. The molecule has 0 bridgehead atoms. The van der Waals surface area contributed by atoms with Crippen LogP contribution in [0.5, 0.6) is 5.75 Å². The van der Waals surface area contributed by atoms with Crippen molar-refractivity contribution in [3.05, 3.63) is 65.7 Å². The highest BCUT2D eigenvalue weighted by Gasteiger charge is 2.29. The Hall–Kier alpha value is -2.47. The lowest BCUT2D eigenvalue weighted by atomic mass is 9.89. The number of phenols is 1. The molecule has 0 saturated carbocycles. The van der Waals surface area contributed by atoms with Gasteiger partial charge < -0.3 is 15.3 Å². The van der Waals surface area contributed by atoms with E-state index in [9.17, 15) is 14.7 Å². The number of hydrogen-bond acceptors (Lipinski definition) is 4. The average Bonchev–Trinajstić information content (AvgIpc) is 2.77. The number of phenolic OH excluding ortho intramolecular Hbond substituents is 1. The van der Waals surface area contributed by atoms with Crippen LogP contribution < -0.4 is 5.32 Å². The number of aromatic hydroxyl groups is 1. The van der Waals surface area contributed by atoms with Gasteiger partial charge in [-0.05, 0) is 67.0 Å². The van der Waals surface area contributed by atoms with Gasteiger partial charge in [-0.2, -0.15) is 11.8 Å². The molecule has 0 aromatic heterocycles. The Kier molecular flexibility index (Phi) is 7.58. The van der Waals surface area contributed by atoms with Crippen LogP contribution in [-0.2, 0) is 4.79 Å². The lowest BCUT2D eigenvalue weighted by Crippen LogP contribution is -2.50. The summed E-state index contributed by atoms with van der Waals surface area (Å²) in [6.07, 6.45) is 4.40. The summed E-state index contributed by atoms with van der Waals surface area (Å²) in [6, 6.07) is 15.9. The number of nitrogens with zero attached hydrogens (tertiary/aromatic N) is 1. The fraction of sp³-hybridized carbons (Fsp3) is 0.391. The van der Waals surface area contributed by atoms with Crippen LogP contribution in [-0.4, -0.2) is 53.0 Å². The van der Waals surface area contributed by atoms with E-state index in [2.05, 4.69) is 5.32 Å². The van der Waals surface area contributed by atoms with E-state index in [-0.39, 0.29) is 17.6 Å². The van der Waals surface area contributed by atoms with Crippen molar-refractivity contribution in [1.29, 1.82) is 0 Å². The number of carbonyl (C=O) groups excluding carboxylic acids is 2. The number of piperidine rings is 1. The van der Waals surface area contributed by atoms with E-state index in [0.29, 0.717) is 31.0 Å². The van der Waals surface area contributed by atoms with Crippen molar-refractivity contribution in [2.75, 3.05) is 25.1 Å². The second-order valence-electron chi connectivity index (χ2n) is 7.36. The third kappa shape index (κ3) is 5.76. The zero-order valence-corrected chi connectivity index (χ0v) is 17.5. The first-order chi connectivity index (χ1) is 14.1. The Morgan fingerprint density at radius 3 is 2.38 bits per heavy atom. The predicted octanol–water partition coefficient (Wildman–Crippen LogP) is 3.65. The zero-order chi connectivity index (χ0) is 20.6. The number of rotatable bonds is 7. The van der Waals surface area contributed by atoms with Gasteiger partial charge in [0.25, 0.3) is 5.91 Å². The number of hydrogen-bond donors (Lipinski definition) is 2. The van der Waals surface area contributed by atoms with Crippen molar-refractivity contribution >= 4 is 23.6 Å². The normalized spacial score (nSPS) is 15.7. The molecule has 1 aliphatic rings. The maximum absolute atomic E-state index is 13.1. The minimum atomic E-state index is -0.500. The number of nitrogens with one attached hydrogen (secondary N) is 1. The molecule has 1 heterocycles. The molecule has 0 radical (unpaired) electrons. The fourth-order valence-corrected chi connectivity index (χ4v) is 4.20. The maximum atomic E-state index is 13.1. The molecule has 1 unspecified atom stereocenters. The van der Waals surface area contributed by atoms with Gasteiger partial charge in [-0.1, -0.05) is 30.3 Å². The summed E-state index contributed by atoms with van der Waals surface area (Å²) in [5.74, 6) is 1.28. The van der Waals surface area contributed by atoms with Crippen LogP contribution in [0.4, 0.5) is 0 Å². The van der Waals surface area contributed by atoms with Crippen molar-refractivity contribution in [2.24, 2.45) is 0 Å². The zero-order valence-electron chi connectivity index (χ0n) is 16.7. The fourth-order valence-electron chi connectivity index (χ4n) is 3.72. The van der Waals surface area contributed by atoms with E-state index in [1.54, 1.807) is 36.0 Å². The molecular formula is C23H28N2O3S. The van der Waals surface area contributed by atoms with E-state index in [1.807, 2.05) is 41.5 Å². The van der Waals surface area contributed by atoms with Crippen LogP contribution in [0.2, 0.25) is 0 Å². The molecule has 5 nitrogen and oxygen atoms in total. The second kappa shape index (κ2) is 10.3. The van der Waals surface area contributed by atoms with Gasteiger partial charge >= 0.3 is 0 Å². The van der Waals surface area contributed by atoms with E-state index in [1.165, 1.54) is 5.56 Å². The molecule has 2 aromatic rings. The van der Waals surface area contributed by atoms with Crippen molar-refractivity contribution in [3.8, 4) is 5.75 Å². The first-order valence-electron chi connectivity index (χ1n) is 10.0. The minimum Gasteiger partial charge on any atom is -0.508 e. The first-order valence-corrected chi connectivity index (χ1v) is 11.4. The van der Waals surface area contributed by atoms with E-state index >= 15 is 0 Å². The molecule has 1 saturated heterocycles. The summed E-state index contributed by atoms with van der Waals surface area (Å²) in [5, 5.41) is 12.4. The topological polar surface area (TPSA) is 69.6 Å². The number of thioether (sulfide) groups is 1. The van der Waals surface area contributed by atoms with Crippen LogP contribution >= 0.6 is 11.8 Å². The highest BCUT2D eigenvalue weighted by Crippen LogP contribution is 2.29. The highest BCUT2D eigenvalue weighted by atomic mass is 32.2. The SMILES string of the molecule is CSCCC(NC(=O)c1ccccc1)C(=O)N1CCC(c2ccc(O)cc2)CC1. The molecule has 6 heteroatoms. The minimum absolute atomic E-state index is 0.00693. The van der Waals surface area contributed by atoms with Gasteiger partial charge in [0.1, 0.15) is 11.8 Å². The van der Waals surface area contributed by atoms with Gasteiger partial charge in [-0.3, -0.25) is 9.59 Å². The highest BCUT2D eigenvalue weighted by molar-refractivity contribution is 7.98. The van der Waals surface area contributed by atoms with Crippen molar-refractivity contribution < 1.29 is 14.7 Å². The van der Waals surface area contributed by atoms with Gasteiger partial charge in [-0.15, -0.1) is 0 Å². The third-order valence-corrected chi connectivity index (χ3v) is 6.07.